The van der Waals surface area contributed by atoms with Crippen molar-refractivity contribution in [3.05, 3.63) is 35.4 Å². The molecular weight excluding hydrogens is 238 g/mol. The lowest BCUT2D eigenvalue weighted by Crippen LogP contribution is -2.40. The highest BCUT2D eigenvalue weighted by Gasteiger charge is 2.22. The third-order valence-electron chi connectivity index (χ3n) is 3.43. The van der Waals surface area contributed by atoms with Crippen LogP contribution < -0.4 is 0 Å². The summed E-state index contributed by atoms with van der Waals surface area (Å²) in [5.41, 5.74) is 1.78. The number of Topliss-reactive ketones (excluding diaryl/α,β-unsaturated/α-hetero) is 1. The molecule has 0 aliphatic heterocycles. The minimum Gasteiger partial charge on any atom is -0.336 e. The van der Waals surface area contributed by atoms with Crippen LogP contribution in [0.25, 0.3) is 0 Å². The predicted octanol–water partition coefficient (Wildman–Crippen LogP) is 3.21. The summed E-state index contributed by atoms with van der Waals surface area (Å²) in [6.07, 6.45) is 2.37. The summed E-state index contributed by atoms with van der Waals surface area (Å²) in [4.78, 5) is 25.7. The molecule has 1 amide bonds. The number of carbonyl (C=O) groups excluding carboxylic acids is 2. The SMILES string of the molecule is CCCCC(=O)N(C)C(C)C(=O)c1ccc(C)cc1. The molecular formula is C16H23NO2. The van der Waals surface area contributed by atoms with Gasteiger partial charge >= 0.3 is 0 Å². The zero-order valence-corrected chi connectivity index (χ0v) is 12.3. The monoisotopic (exact) mass is 261 g/mol. The van der Waals surface area contributed by atoms with Crippen molar-refractivity contribution >= 4 is 11.7 Å². The number of ketones is 1. The highest BCUT2D eigenvalue weighted by molar-refractivity contribution is 6.01. The van der Waals surface area contributed by atoms with E-state index in [2.05, 4.69) is 0 Å². The Labute approximate surface area is 115 Å². The van der Waals surface area contributed by atoms with Crippen LogP contribution in [0.3, 0.4) is 0 Å². The average Bonchev–Trinajstić information content (AvgIpc) is 2.43. The highest BCUT2D eigenvalue weighted by atomic mass is 16.2. The molecule has 0 aliphatic carbocycles. The molecule has 0 N–H and O–H groups in total. The second kappa shape index (κ2) is 7.07. The number of nitrogens with zero attached hydrogens (tertiary/aromatic N) is 1. The molecule has 1 aromatic carbocycles. The van der Waals surface area contributed by atoms with Gasteiger partial charge in [0.2, 0.25) is 5.91 Å². The Kier molecular flexibility index (Phi) is 5.74. The fourth-order valence-electron chi connectivity index (χ4n) is 1.86. The van der Waals surface area contributed by atoms with E-state index in [-0.39, 0.29) is 11.7 Å². The van der Waals surface area contributed by atoms with Crippen molar-refractivity contribution in [1.29, 1.82) is 0 Å². The fourth-order valence-corrected chi connectivity index (χ4v) is 1.86. The Morgan fingerprint density at radius 1 is 1.21 bits per heavy atom. The molecule has 0 heterocycles. The molecule has 104 valence electrons. The molecule has 3 heteroatoms. The topological polar surface area (TPSA) is 37.4 Å². The average molecular weight is 261 g/mol. The van der Waals surface area contributed by atoms with E-state index in [1.165, 1.54) is 0 Å². The Morgan fingerprint density at radius 3 is 2.32 bits per heavy atom. The number of benzene rings is 1. The maximum absolute atomic E-state index is 12.3. The van der Waals surface area contributed by atoms with Gasteiger partial charge < -0.3 is 4.90 Å². The van der Waals surface area contributed by atoms with Gasteiger partial charge in [-0.2, -0.15) is 0 Å². The van der Waals surface area contributed by atoms with E-state index in [0.29, 0.717) is 12.0 Å². The van der Waals surface area contributed by atoms with Gasteiger partial charge in [0.05, 0.1) is 6.04 Å². The molecule has 1 rings (SSSR count). The van der Waals surface area contributed by atoms with Crippen molar-refractivity contribution in [2.45, 2.75) is 46.1 Å². The van der Waals surface area contributed by atoms with Crippen molar-refractivity contribution in [3.63, 3.8) is 0 Å². The zero-order chi connectivity index (χ0) is 14.4. The lowest BCUT2D eigenvalue weighted by atomic mass is 10.0. The summed E-state index contributed by atoms with van der Waals surface area (Å²) in [7, 11) is 1.70. The van der Waals surface area contributed by atoms with E-state index in [4.69, 9.17) is 0 Å². The predicted molar refractivity (Wildman–Crippen MR) is 77.3 cm³/mol. The van der Waals surface area contributed by atoms with E-state index in [1.54, 1.807) is 18.9 Å². The van der Waals surface area contributed by atoms with E-state index in [9.17, 15) is 9.59 Å². The number of rotatable bonds is 6. The van der Waals surface area contributed by atoms with Gasteiger partial charge in [-0.3, -0.25) is 9.59 Å². The number of amides is 1. The number of hydrogen-bond donors (Lipinski definition) is 0. The quantitative estimate of drug-likeness (QED) is 0.737. The highest BCUT2D eigenvalue weighted by Crippen LogP contribution is 2.11. The first kappa shape index (κ1) is 15.4. The largest absolute Gasteiger partial charge is 0.336 e. The van der Waals surface area contributed by atoms with Gasteiger partial charge in [0.15, 0.2) is 5.78 Å². The van der Waals surface area contributed by atoms with Crippen LogP contribution in [0.5, 0.6) is 0 Å². The standard InChI is InChI=1S/C16H23NO2/c1-5-6-7-15(18)17(4)13(3)16(19)14-10-8-12(2)9-11-14/h8-11,13H,5-7H2,1-4H3. The van der Waals surface area contributed by atoms with Crippen LogP contribution in [0.2, 0.25) is 0 Å². The Bertz CT molecular complexity index is 437. The normalized spacial score (nSPS) is 12.0. The van der Waals surface area contributed by atoms with Crippen molar-refractivity contribution < 1.29 is 9.59 Å². The van der Waals surface area contributed by atoms with Crippen LogP contribution in [0.15, 0.2) is 24.3 Å². The molecule has 1 unspecified atom stereocenters. The van der Waals surface area contributed by atoms with E-state index < -0.39 is 6.04 Å². The number of hydrogen-bond acceptors (Lipinski definition) is 2. The molecule has 0 saturated heterocycles. The lowest BCUT2D eigenvalue weighted by Gasteiger charge is -2.24. The summed E-state index contributed by atoms with van der Waals surface area (Å²) in [5, 5.41) is 0. The van der Waals surface area contributed by atoms with Gasteiger partial charge in [-0.1, -0.05) is 43.2 Å². The summed E-state index contributed by atoms with van der Waals surface area (Å²) < 4.78 is 0. The first-order chi connectivity index (χ1) is 8.97. The first-order valence-corrected chi connectivity index (χ1v) is 6.84. The fraction of sp³-hybridized carbons (Fsp3) is 0.500. The number of unbranched alkanes of at least 4 members (excludes halogenated alkanes) is 1. The van der Waals surface area contributed by atoms with E-state index >= 15 is 0 Å². The molecule has 0 spiro atoms. The van der Waals surface area contributed by atoms with Gasteiger partial charge in [-0.05, 0) is 20.3 Å². The molecule has 0 radical (unpaired) electrons. The first-order valence-electron chi connectivity index (χ1n) is 6.84. The van der Waals surface area contributed by atoms with Crippen LogP contribution in [-0.4, -0.2) is 29.7 Å². The lowest BCUT2D eigenvalue weighted by molar-refractivity contribution is -0.131. The summed E-state index contributed by atoms with van der Waals surface area (Å²) >= 11 is 0. The zero-order valence-electron chi connectivity index (χ0n) is 12.3. The van der Waals surface area contributed by atoms with Crippen molar-refractivity contribution in [2.24, 2.45) is 0 Å². The van der Waals surface area contributed by atoms with Gasteiger partial charge in [0.25, 0.3) is 0 Å². The number of carbonyl (C=O) groups is 2. The summed E-state index contributed by atoms with van der Waals surface area (Å²) in [5.74, 6) is 0.0298. The molecule has 1 aromatic rings. The van der Waals surface area contributed by atoms with Crippen molar-refractivity contribution in [2.75, 3.05) is 7.05 Å². The molecule has 1 atom stereocenters. The molecule has 0 aromatic heterocycles. The van der Waals surface area contributed by atoms with Gasteiger partial charge in [-0.25, -0.2) is 0 Å². The molecule has 0 saturated carbocycles. The van der Waals surface area contributed by atoms with Crippen LogP contribution in [0.4, 0.5) is 0 Å². The van der Waals surface area contributed by atoms with E-state index in [0.717, 1.165) is 18.4 Å². The number of aryl methyl sites for hydroxylation is 1. The third kappa shape index (κ3) is 4.19. The maximum Gasteiger partial charge on any atom is 0.222 e. The van der Waals surface area contributed by atoms with Crippen LogP contribution in [0, 0.1) is 6.92 Å². The third-order valence-corrected chi connectivity index (χ3v) is 3.43. The molecule has 0 fully saturated rings. The smallest absolute Gasteiger partial charge is 0.222 e. The molecule has 3 nitrogen and oxygen atoms in total. The molecule has 0 aliphatic rings. The maximum atomic E-state index is 12.3. The van der Waals surface area contributed by atoms with Gasteiger partial charge in [0, 0.05) is 19.0 Å². The second-order valence-corrected chi connectivity index (χ2v) is 5.01. The van der Waals surface area contributed by atoms with Crippen LogP contribution in [-0.2, 0) is 4.79 Å². The van der Waals surface area contributed by atoms with Gasteiger partial charge in [0.1, 0.15) is 0 Å². The van der Waals surface area contributed by atoms with Crippen LogP contribution >= 0.6 is 0 Å². The minimum atomic E-state index is -0.410. The molecule has 19 heavy (non-hydrogen) atoms. The van der Waals surface area contributed by atoms with E-state index in [1.807, 2.05) is 38.1 Å². The van der Waals surface area contributed by atoms with Crippen molar-refractivity contribution in [1.82, 2.24) is 4.90 Å². The van der Waals surface area contributed by atoms with Crippen LogP contribution in [0.1, 0.15) is 49.0 Å². The minimum absolute atomic E-state index is 0.00708. The summed E-state index contributed by atoms with van der Waals surface area (Å²) in [6, 6.07) is 7.06. The molecule has 0 bridgehead atoms. The number of likely N-dealkylation sites (N-methyl/N-ethyl adjacent to an activating group) is 1. The van der Waals surface area contributed by atoms with Crippen molar-refractivity contribution in [3.8, 4) is 0 Å². The Morgan fingerprint density at radius 2 is 1.79 bits per heavy atom. The van der Waals surface area contributed by atoms with Gasteiger partial charge in [-0.15, -0.1) is 0 Å². The Hall–Kier alpha value is -1.64. The Balaban J connectivity index is 2.70. The summed E-state index contributed by atoms with van der Waals surface area (Å²) in [6.45, 7) is 5.82. The second-order valence-electron chi connectivity index (χ2n) is 5.01.